The molecular formula is C22H22N2O6S. The lowest BCUT2D eigenvalue weighted by molar-refractivity contribution is 0.0456. The summed E-state index contributed by atoms with van der Waals surface area (Å²) in [5, 5.41) is 0.790. The normalized spacial score (nSPS) is 11.2. The Labute approximate surface area is 180 Å². The van der Waals surface area contributed by atoms with Crippen LogP contribution in [0, 0.1) is 6.92 Å². The number of anilines is 1. The van der Waals surface area contributed by atoms with Crippen LogP contribution in [0.4, 0.5) is 5.69 Å². The summed E-state index contributed by atoms with van der Waals surface area (Å²) in [6.45, 7) is 1.49. The Morgan fingerprint density at radius 3 is 2.35 bits per heavy atom. The lowest BCUT2D eigenvalue weighted by Gasteiger charge is -2.19. The second-order valence-electron chi connectivity index (χ2n) is 6.89. The molecule has 2 aromatic carbocycles. The van der Waals surface area contributed by atoms with E-state index in [9.17, 15) is 18.0 Å². The van der Waals surface area contributed by atoms with E-state index < -0.39 is 22.0 Å². The van der Waals surface area contributed by atoms with Gasteiger partial charge in [-0.05, 0) is 30.7 Å². The maximum Gasteiger partial charge on any atom is 0.340 e. The number of para-hydroxylation sites is 2. The Morgan fingerprint density at radius 2 is 1.68 bits per heavy atom. The fourth-order valence-electron chi connectivity index (χ4n) is 3.23. The van der Waals surface area contributed by atoms with Gasteiger partial charge in [-0.25, -0.2) is 23.0 Å². The number of carbonyl (C=O) groups excluding carboxylic acids is 2. The zero-order valence-corrected chi connectivity index (χ0v) is 18.4. The molecule has 0 aliphatic heterocycles. The summed E-state index contributed by atoms with van der Waals surface area (Å²) in [6.07, 6.45) is 1.04. The second-order valence-corrected chi connectivity index (χ2v) is 8.90. The molecule has 0 bridgehead atoms. The zero-order chi connectivity index (χ0) is 22.8. The molecule has 0 radical (unpaired) electrons. The minimum atomic E-state index is -3.58. The van der Waals surface area contributed by atoms with Crippen LogP contribution < -0.4 is 4.31 Å². The fraction of sp³-hybridized carbons (Fsp3) is 0.227. The van der Waals surface area contributed by atoms with E-state index in [-0.39, 0.29) is 29.1 Å². The zero-order valence-electron chi connectivity index (χ0n) is 17.6. The third-order valence-corrected chi connectivity index (χ3v) is 6.11. The molecule has 1 heterocycles. The molecule has 9 heteroatoms. The van der Waals surface area contributed by atoms with Gasteiger partial charge in [-0.3, -0.25) is 4.31 Å². The highest BCUT2D eigenvalue weighted by atomic mass is 32.2. The number of carbonyl (C=O) groups is 2. The quantitative estimate of drug-likeness (QED) is 0.541. The van der Waals surface area contributed by atoms with Crippen LogP contribution >= 0.6 is 0 Å². The number of aryl methyl sites for hydroxylation is 1. The molecule has 0 aliphatic carbocycles. The van der Waals surface area contributed by atoms with Crippen molar-refractivity contribution in [2.24, 2.45) is 0 Å². The van der Waals surface area contributed by atoms with E-state index in [2.05, 4.69) is 4.98 Å². The van der Waals surface area contributed by atoms with Gasteiger partial charge in [0.05, 0.1) is 41.4 Å². The van der Waals surface area contributed by atoms with Crippen molar-refractivity contribution in [3.8, 4) is 0 Å². The van der Waals surface area contributed by atoms with Crippen molar-refractivity contribution >= 4 is 38.6 Å². The van der Waals surface area contributed by atoms with Crippen LogP contribution in [0.15, 0.2) is 48.5 Å². The van der Waals surface area contributed by atoms with Gasteiger partial charge in [0.1, 0.15) is 6.61 Å². The third kappa shape index (κ3) is 4.51. The highest BCUT2D eigenvalue weighted by Gasteiger charge is 2.23. The maximum absolute atomic E-state index is 12.8. The molecule has 3 aromatic rings. The minimum absolute atomic E-state index is 0.0764. The van der Waals surface area contributed by atoms with Crippen molar-refractivity contribution in [2.45, 2.75) is 13.5 Å². The lowest BCUT2D eigenvalue weighted by Crippen LogP contribution is -2.27. The van der Waals surface area contributed by atoms with Crippen molar-refractivity contribution in [2.75, 3.05) is 24.7 Å². The number of nitrogens with zero attached hydrogens (tertiary/aromatic N) is 2. The number of fused-ring (bicyclic) bond motifs is 1. The Hall–Kier alpha value is -3.46. The van der Waals surface area contributed by atoms with Crippen LogP contribution in [-0.2, 0) is 26.1 Å². The molecule has 0 unspecified atom stereocenters. The number of esters is 2. The Balaban J connectivity index is 1.97. The number of hydrogen-bond acceptors (Lipinski definition) is 7. The molecule has 8 nitrogen and oxygen atoms in total. The molecule has 162 valence electrons. The van der Waals surface area contributed by atoms with Crippen molar-refractivity contribution in [3.63, 3.8) is 0 Å². The van der Waals surface area contributed by atoms with Gasteiger partial charge in [0.15, 0.2) is 0 Å². The molecule has 0 aliphatic rings. The highest BCUT2D eigenvalue weighted by Crippen LogP contribution is 2.26. The summed E-state index contributed by atoms with van der Waals surface area (Å²) in [5.74, 6) is -1.33. The smallest absolute Gasteiger partial charge is 0.340 e. The van der Waals surface area contributed by atoms with Gasteiger partial charge in [-0.15, -0.1) is 0 Å². The van der Waals surface area contributed by atoms with Gasteiger partial charge >= 0.3 is 11.9 Å². The SMILES string of the molecule is COC(=O)c1c(COC(=O)c2ccccc2N(C)S(C)(=O)=O)nc2ccccc2c1C. The summed E-state index contributed by atoms with van der Waals surface area (Å²) in [5.41, 5.74) is 2.07. The van der Waals surface area contributed by atoms with E-state index in [1.165, 1.54) is 26.3 Å². The fourth-order valence-corrected chi connectivity index (χ4v) is 3.75. The predicted molar refractivity (Wildman–Crippen MR) is 117 cm³/mol. The molecule has 0 N–H and O–H groups in total. The number of pyridine rings is 1. The molecule has 0 fully saturated rings. The van der Waals surface area contributed by atoms with Crippen LogP contribution in [0.25, 0.3) is 10.9 Å². The van der Waals surface area contributed by atoms with Gasteiger partial charge in [-0.2, -0.15) is 0 Å². The number of benzene rings is 2. The van der Waals surface area contributed by atoms with Crippen LogP contribution in [0.5, 0.6) is 0 Å². The van der Waals surface area contributed by atoms with Crippen molar-refractivity contribution in [1.29, 1.82) is 0 Å². The molecule has 1 aromatic heterocycles. The van der Waals surface area contributed by atoms with Crippen molar-refractivity contribution < 1.29 is 27.5 Å². The number of ether oxygens (including phenoxy) is 2. The molecule has 0 amide bonds. The summed E-state index contributed by atoms with van der Waals surface area (Å²) >= 11 is 0. The first kappa shape index (κ1) is 22.2. The molecular weight excluding hydrogens is 420 g/mol. The van der Waals surface area contributed by atoms with Gasteiger partial charge < -0.3 is 9.47 Å². The van der Waals surface area contributed by atoms with E-state index in [1.54, 1.807) is 25.1 Å². The van der Waals surface area contributed by atoms with Gasteiger partial charge in [0, 0.05) is 12.4 Å². The number of sulfonamides is 1. The van der Waals surface area contributed by atoms with Crippen LogP contribution in [0.1, 0.15) is 32.0 Å². The molecule has 0 spiro atoms. The highest BCUT2D eigenvalue weighted by molar-refractivity contribution is 7.92. The standard InChI is InChI=1S/C22H22N2O6S/c1-14-15-9-5-7-11-17(15)23-18(20(14)22(26)29-3)13-30-21(25)16-10-6-8-12-19(16)24(2)31(4,27)28/h5-12H,13H2,1-4H3. The Kier molecular flexibility index (Phi) is 6.26. The summed E-state index contributed by atoms with van der Waals surface area (Å²) in [6, 6.07) is 13.5. The molecule has 0 atom stereocenters. The maximum atomic E-state index is 12.8. The van der Waals surface area contributed by atoms with E-state index in [1.807, 2.05) is 18.2 Å². The van der Waals surface area contributed by atoms with Crippen molar-refractivity contribution in [1.82, 2.24) is 4.98 Å². The van der Waals surface area contributed by atoms with E-state index in [0.717, 1.165) is 15.9 Å². The average molecular weight is 442 g/mol. The first-order chi connectivity index (χ1) is 14.6. The third-order valence-electron chi connectivity index (χ3n) is 4.92. The topological polar surface area (TPSA) is 103 Å². The summed E-state index contributed by atoms with van der Waals surface area (Å²) < 4.78 is 35.1. The molecule has 0 saturated carbocycles. The Morgan fingerprint density at radius 1 is 1.03 bits per heavy atom. The lowest BCUT2D eigenvalue weighted by atomic mass is 10.0. The second kappa shape index (κ2) is 8.73. The largest absolute Gasteiger partial charge is 0.465 e. The monoisotopic (exact) mass is 442 g/mol. The summed E-state index contributed by atoms with van der Waals surface area (Å²) in [4.78, 5) is 29.7. The van der Waals surface area contributed by atoms with Crippen molar-refractivity contribution in [3.05, 3.63) is 70.9 Å². The van der Waals surface area contributed by atoms with Gasteiger partial charge in [-0.1, -0.05) is 30.3 Å². The number of methoxy groups -OCH3 is 1. The Bertz CT molecular complexity index is 1270. The van der Waals surface area contributed by atoms with Crippen LogP contribution in [0.3, 0.4) is 0 Å². The number of hydrogen-bond donors (Lipinski definition) is 0. The average Bonchev–Trinajstić information content (AvgIpc) is 2.76. The molecule has 3 rings (SSSR count). The molecule has 0 saturated heterocycles. The van der Waals surface area contributed by atoms with Crippen LogP contribution in [0.2, 0.25) is 0 Å². The van der Waals surface area contributed by atoms with Gasteiger partial charge in [0.25, 0.3) is 0 Å². The minimum Gasteiger partial charge on any atom is -0.465 e. The first-order valence-electron chi connectivity index (χ1n) is 9.31. The molecule has 31 heavy (non-hydrogen) atoms. The first-order valence-corrected chi connectivity index (χ1v) is 11.2. The van der Waals surface area contributed by atoms with E-state index >= 15 is 0 Å². The van der Waals surface area contributed by atoms with E-state index in [4.69, 9.17) is 9.47 Å². The predicted octanol–water partition coefficient (Wildman–Crippen LogP) is 3.08. The number of rotatable bonds is 6. The van der Waals surface area contributed by atoms with Crippen LogP contribution in [-0.4, -0.2) is 45.8 Å². The van der Waals surface area contributed by atoms with Gasteiger partial charge in [0.2, 0.25) is 10.0 Å². The number of aromatic nitrogens is 1. The summed E-state index contributed by atoms with van der Waals surface area (Å²) in [7, 11) is -0.958. The van der Waals surface area contributed by atoms with E-state index in [0.29, 0.717) is 11.1 Å².